The molecule has 1 aliphatic rings. The van der Waals surface area contributed by atoms with Gasteiger partial charge in [-0.15, -0.1) is 0 Å². The molecule has 0 amide bonds. The smallest absolute Gasteiger partial charge is 0.161 e. The third-order valence-electron chi connectivity index (χ3n) is 2.64. The van der Waals surface area contributed by atoms with Crippen molar-refractivity contribution in [2.45, 2.75) is 6.17 Å². The van der Waals surface area contributed by atoms with Crippen molar-refractivity contribution in [3.05, 3.63) is 42.6 Å². The summed E-state index contributed by atoms with van der Waals surface area (Å²) in [6.07, 6.45) is 7.76. The fourth-order valence-electron chi connectivity index (χ4n) is 1.58. The van der Waals surface area contributed by atoms with Gasteiger partial charge in [0.25, 0.3) is 0 Å². The maximum atomic E-state index is 5.74. The van der Waals surface area contributed by atoms with Crippen LogP contribution in [0.15, 0.2) is 52.9 Å². The molecule has 5 heteroatoms. The zero-order valence-electron chi connectivity index (χ0n) is 10.4. The SMILES string of the molecule is COc1cc(N=NC2C=CC=CN2C)ccc1N. The molecule has 2 N–H and O–H groups in total. The molecule has 1 aromatic rings. The topological polar surface area (TPSA) is 63.2 Å². The summed E-state index contributed by atoms with van der Waals surface area (Å²) in [5.41, 5.74) is 7.05. The van der Waals surface area contributed by atoms with Gasteiger partial charge in [0, 0.05) is 19.3 Å². The Morgan fingerprint density at radius 1 is 1.33 bits per heavy atom. The van der Waals surface area contributed by atoms with Crippen molar-refractivity contribution in [2.75, 3.05) is 19.9 Å². The highest BCUT2D eigenvalue weighted by molar-refractivity contribution is 5.59. The summed E-state index contributed by atoms with van der Waals surface area (Å²) in [5, 5.41) is 8.45. The van der Waals surface area contributed by atoms with Gasteiger partial charge in [0.05, 0.1) is 18.5 Å². The number of hydrogen-bond donors (Lipinski definition) is 1. The molecule has 0 fully saturated rings. The predicted molar refractivity (Wildman–Crippen MR) is 71.8 cm³/mol. The Labute approximate surface area is 106 Å². The molecule has 2 rings (SSSR count). The van der Waals surface area contributed by atoms with Crippen LogP contribution >= 0.6 is 0 Å². The van der Waals surface area contributed by atoms with Crippen molar-refractivity contribution in [1.29, 1.82) is 0 Å². The summed E-state index contributed by atoms with van der Waals surface area (Å²) >= 11 is 0. The van der Waals surface area contributed by atoms with Crippen LogP contribution in [0.2, 0.25) is 0 Å². The van der Waals surface area contributed by atoms with Gasteiger partial charge in [0.1, 0.15) is 5.75 Å². The molecule has 0 aromatic heterocycles. The second-order valence-electron chi connectivity index (χ2n) is 3.95. The fraction of sp³-hybridized carbons (Fsp3) is 0.231. The quantitative estimate of drug-likeness (QED) is 0.656. The van der Waals surface area contributed by atoms with Gasteiger partial charge in [-0.2, -0.15) is 10.2 Å². The van der Waals surface area contributed by atoms with Crippen LogP contribution in [0.25, 0.3) is 0 Å². The number of benzene rings is 1. The van der Waals surface area contributed by atoms with Crippen LogP contribution in [0, 0.1) is 0 Å². The lowest BCUT2D eigenvalue weighted by Crippen LogP contribution is -2.23. The molecule has 1 unspecified atom stereocenters. The van der Waals surface area contributed by atoms with Crippen molar-refractivity contribution in [1.82, 2.24) is 4.90 Å². The van der Waals surface area contributed by atoms with Gasteiger partial charge in [-0.25, -0.2) is 0 Å². The van der Waals surface area contributed by atoms with Crippen LogP contribution in [0.1, 0.15) is 0 Å². The van der Waals surface area contributed by atoms with E-state index in [1.54, 1.807) is 19.2 Å². The van der Waals surface area contributed by atoms with Gasteiger partial charge in [0.2, 0.25) is 0 Å². The molecule has 1 aromatic carbocycles. The third kappa shape index (κ3) is 2.68. The van der Waals surface area contributed by atoms with E-state index < -0.39 is 0 Å². The van der Waals surface area contributed by atoms with Gasteiger partial charge in [-0.05, 0) is 24.3 Å². The van der Waals surface area contributed by atoms with E-state index in [9.17, 15) is 0 Å². The number of hydrogen-bond acceptors (Lipinski definition) is 5. The molecule has 1 atom stereocenters. The minimum Gasteiger partial charge on any atom is -0.495 e. The molecule has 0 saturated carbocycles. The van der Waals surface area contributed by atoms with Crippen molar-refractivity contribution < 1.29 is 4.74 Å². The van der Waals surface area contributed by atoms with E-state index in [0.29, 0.717) is 11.4 Å². The van der Waals surface area contributed by atoms with Gasteiger partial charge >= 0.3 is 0 Å². The van der Waals surface area contributed by atoms with Crippen LogP contribution in [0.5, 0.6) is 5.75 Å². The number of rotatable bonds is 3. The van der Waals surface area contributed by atoms with Gasteiger partial charge < -0.3 is 15.4 Å². The van der Waals surface area contributed by atoms with E-state index in [4.69, 9.17) is 10.5 Å². The van der Waals surface area contributed by atoms with E-state index >= 15 is 0 Å². The number of ether oxygens (including phenoxy) is 1. The number of nitrogen functional groups attached to an aromatic ring is 1. The second kappa shape index (κ2) is 5.35. The summed E-state index contributed by atoms with van der Waals surface area (Å²) in [6, 6.07) is 5.33. The van der Waals surface area contributed by atoms with Crippen molar-refractivity contribution in [3.8, 4) is 5.75 Å². The third-order valence-corrected chi connectivity index (χ3v) is 2.64. The Hall–Kier alpha value is -2.30. The second-order valence-corrected chi connectivity index (χ2v) is 3.95. The van der Waals surface area contributed by atoms with Gasteiger partial charge in [0.15, 0.2) is 6.17 Å². The predicted octanol–water partition coefficient (Wildman–Crippen LogP) is 2.70. The Morgan fingerprint density at radius 3 is 2.89 bits per heavy atom. The maximum absolute atomic E-state index is 5.74. The first-order valence-electron chi connectivity index (χ1n) is 5.62. The summed E-state index contributed by atoms with van der Waals surface area (Å²) < 4.78 is 5.14. The van der Waals surface area contributed by atoms with Crippen LogP contribution in [-0.4, -0.2) is 25.2 Å². The van der Waals surface area contributed by atoms with Gasteiger partial charge in [-0.1, -0.05) is 6.08 Å². The van der Waals surface area contributed by atoms with Crippen LogP contribution in [-0.2, 0) is 0 Å². The number of likely N-dealkylation sites (N-methyl/N-ethyl adjacent to an activating group) is 1. The number of methoxy groups -OCH3 is 1. The first-order chi connectivity index (χ1) is 8.70. The molecule has 18 heavy (non-hydrogen) atoms. The highest BCUT2D eigenvalue weighted by atomic mass is 16.5. The van der Waals surface area contributed by atoms with Crippen molar-refractivity contribution >= 4 is 11.4 Å². The largest absolute Gasteiger partial charge is 0.495 e. The zero-order valence-corrected chi connectivity index (χ0v) is 10.4. The lowest BCUT2D eigenvalue weighted by Gasteiger charge is -2.20. The molecule has 94 valence electrons. The number of allylic oxidation sites excluding steroid dienone is 2. The molecule has 0 spiro atoms. The van der Waals surface area contributed by atoms with Crippen molar-refractivity contribution in [3.63, 3.8) is 0 Å². The summed E-state index contributed by atoms with van der Waals surface area (Å²) in [4.78, 5) is 1.97. The van der Waals surface area contributed by atoms with Gasteiger partial charge in [-0.3, -0.25) is 0 Å². The van der Waals surface area contributed by atoms with E-state index in [0.717, 1.165) is 5.69 Å². The fourth-order valence-corrected chi connectivity index (χ4v) is 1.58. The molecular formula is C13H16N4O. The number of azo groups is 1. The minimum atomic E-state index is -0.0708. The Morgan fingerprint density at radius 2 is 2.17 bits per heavy atom. The highest BCUT2D eigenvalue weighted by Crippen LogP contribution is 2.27. The molecule has 1 aliphatic heterocycles. The first-order valence-corrected chi connectivity index (χ1v) is 5.62. The average molecular weight is 244 g/mol. The van der Waals surface area contributed by atoms with Crippen LogP contribution < -0.4 is 10.5 Å². The zero-order chi connectivity index (χ0) is 13.0. The molecular weight excluding hydrogens is 228 g/mol. The Balaban J connectivity index is 2.14. The molecule has 0 bridgehead atoms. The van der Waals surface area contributed by atoms with Crippen LogP contribution in [0.4, 0.5) is 11.4 Å². The Kier molecular flexibility index (Phi) is 3.62. The van der Waals surface area contributed by atoms with E-state index in [2.05, 4.69) is 10.2 Å². The number of anilines is 1. The maximum Gasteiger partial charge on any atom is 0.161 e. The number of nitrogens with zero attached hydrogens (tertiary/aromatic N) is 3. The molecule has 0 radical (unpaired) electrons. The monoisotopic (exact) mass is 244 g/mol. The van der Waals surface area contributed by atoms with Crippen LogP contribution in [0.3, 0.4) is 0 Å². The lowest BCUT2D eigenvalue weighted by atomic mass is 10.2. The molecule has 0 saturated heterocycles. The van der Waals surface area contributed by atoms with Crippen molar-refractivity contribution in [2.24, 2.45) is 10.2 Å². The standard InChI is InChI=1S/C13H16N4O/c1-17-8-4-3-5-13(17)16-15-10-6-7-11(14)12(9-10)18-2/h3-9,13H,14H2,1-2H3. The minimum absolute atomic E-state index is 0.0708. The van der Waals surface area contributed by atoms with E-state index in [-0.39, 0.29) is 6.17 Å². The average Bonchev–Trinajstić information content (AvgIpc) is 2.39. The summed E-state index contributed by atoms with van der Waals surface area (Å²) in [5.74, 6) is 0.610. The molecule has 0 aliphatic carbocycles. The Bertz CT molecular complexity index is 508. The molecule has 5 nitrogen and oxygen atoms in total. The summed E-state index contributed by atoms with van der Waals surface area (Å²) in [7, 11) is 3.53. The van der Waals surface area contributed by atoms with E-state index in [1.807, 2.05) is 42.4 Å². The first kappa shape index (κ1) is 12.2. The lowest BCUT2D eigenvalue weighted by molar-refractivity contribution is 0.380. The highest BCUT2D eigenvalue weighted by Gasteiger charge is 2.08. The molecule has 1 heterocycles. The summed E-state index contributed by atoms with van der Waals surface area (Å²) in [6.45, 7) is 0. The normalized spacial score (nSPS) is 18.6. The number of nitrogens with two attached hydrogens (primary N) is 1. The van der Waals surface area contributed by atoms with E-state index in [1.165, 1.54) is 0 Å².